The largest absolute Gasteiger partial charge is 0.340 e. The minimum Gasteiger partial charge on any atom is -0.340 e. The summed E-state index contributed by atoms with van der Waals surface area (Å²) in [5.74, 6) is 1.13. The Morgan fingerprint density at radius 2 is 2.00 bits per heavy atom. The van der Waals surface area contributed by atoms with E-state index in [4.69, 9.17) is 0 Å². The van der Waals surface area contributed by atoms with Gasteiger partial charge in [-0.2, -0.15) is 0 Å². The number of hydrogen-bond acceptors (Lipinski definition) is 3. The standard InChI is InChI=1S/C19H33N3O2/c1-15(2)12-19(7-3-4-8-19)18(24)21-10-5-6-16(14-21)22-11-9-20-13-17(22)23/h15-16,20H,3-14H2,1-2H3. The maximum Gasteiger partial charge on any atom is 0.236 e. The van der Waals surface area contributed by atoms with E-state index in [1.54, 1.807) is 0 Å². The van der Waals surface area contributed by atoms with Crippen molar-refractivity contribution in [3.8, 4) is 0 Å². The number of piperidine rings is 1. The lowest BCUT2D eigenvalue weighted by Gasteiger charge is -2.44. The molecule has 3 aliphatic rings. The molecule has 136 valence electrons. The zero-order valence-corrected chi connectivity index (χ0v) is 15.4. The van der Waals surface area contributed by atoms with Crippen molar-refractivity contribution in [2.75, 3.05) is 32.7 Å². The molecule has 24 heavy (non-hydrogen) atoms. The topological polar surface area (TPSA) is 52.7 Å². The van der Waals surface area contributed by atoms with Gasteiger partial charge >= 0.3 is 0 Å². The minimum atomic E-state index is -0.122. The van der Waals surface area contributed by atoms with Crippen molar-refractivity contribution in [3.63, 3.8) is 0 Å². The molecule has 2 heterocycles. The number of piperazine rings is 1. The van der Waals surface area contributed by atoms with Crippen molar-refractivity contribution in [2.45, 2.75) is 64.8 Å². The van der Waals surface area contributed by atoms with Gasteiger partial charge in [-0.15, -0.1) is 0 Å². The lowest BCUT2D eigenvalue weighted by atomic mass is 9.77. The summed E-state index contributed by atoms with van der Waals surface area (Å²) < 4.78 is 0. The van der Waals surface area contributed by atoms with Crippen molar-refractivity contribution in [1.29, 1.82) is 0 Å². The van der Waals surface area contributed by atoms with Crippen LogP contribution in [0, 0.1) is 11.3 Å². The molecule has 0 aromatic carbocycles. The van der Waals surface area contributed by atoms with Gasteiger partial charge in [0, 0.05) is 37.6 Å². The first kappa shape index (κ1) is 17.7. The van der Waals surface area contributed by atoms with E-state index in [0.717, 1.165) is 58.3 Å². The molecule has 1 N–H and O–H groups in total. The molecule has 0 radical (unpaired) electrons. The van der Waals surface area contributed by atoms with Gasteiger partial charge in [0.1, 0.15) is 0 Å². The first-order chi connectivity index (χ1) is 11.5. The smallest absolute Gasteiger partial charge is 0.236 e. The fourth-order valence-electron chi connectivity index (χ4n) is 5.07. The van der Waals surface area contributed by atoms with Crippen LogP contribution in [0.25, 0.3) is 0 Å². The second kappa shape index (κ2) is 7.42. The van der Waals surface area contributed by atoms with Gasteiger partial charge in [-0.1, -0.05) is 26.7 Å². The molecule has 0 spiro atoms. The Morgan fingerprint density at radius 3 is 2.67 bits per heavy atom. The second-order valence-corrected chi connectivity index (χ2v) is 8.40. The predicted molar refractivity (Wildman–Crippen MR) is 94.5 cm³/mol. The van der Waals surface area contributed by atoms with Crippen LogP contribution in [-0.4, -0.2) is 60.4 Å². The van der Waals surface area contributed by atoms with Gasteiger partial charge in [0.2, 0.25) is 11.8 Å². The van der Waals surface area contributed by atoms with Gasteiger partial charge in [0.05, 0.1) is 6.54 Å². The fourth-order valence-corrected chi connectivity index (χ4v) is 5.07. The Balaban J connectivity index is 1.69. The molecule has 2 amide bonds. The molecule has 0 bridgehead atoms. The molecule has 1 aliphatic carbocycles. The monoisotopic (exact) mass is 335 g/mol. The third kappa shape index (κ3) is 3.61. The zero-order valence-electron chi connectivity index (χ0n) is 15.4. The summed E-state index contributed by atoms with van der Waals surface area (Å²) in [5.41, 5.74) is -0.122. The van der Waals surface area contributed by atoms with Crippen LogP contribution >= 0.6 is 0 Å². The number of nitrogens with one attached hydrogen (secondary N) is 1. The Hall–Kier alpha value is -1.10. The molecule has 3 rings (SSSR count). The number of hydrogen-bond donors (Lipinski definition) is 1. The Labute approximate surface area is 146 Å². The number of carbonyl (C=O) groups is 2. The average molecular weight is 335 g/mol. The summed E-state index contributed by atoms with van der Waals surface area (Å²) >= 11 is 0. The van der Waals surface area contributed by atoms with Crippen molar-refractivity contribution in [2.24, 2.45) is 11.3 Å². The van der Waals surface area contributed by atoms with E-state index in [0.29, 0.717) is 18.4 Å². The van der Waals surface area contributed by atoms with E-state index in [9.17, 15) is 9.59 Å². The number of rotatable bonds is 4. The van der Waals surface area contributed by atoms with Crippen LogP contribution in [0.3, 0.4) is 0 Å². The van der Waals surface area contributed by atoms with E-state index in [2.05, 4.69) is 24.1 Å². The first-order valence-corrected chi connectivity index (χ1v) is 9.81. The summed E-state index contributed by atoms with van der Waals surface area (Å²) in [7, 11) is 0. The summed E-state index contributed by atoms with van der Waals surface area (Å²) in [6.07, 6.45) is 7.55. The molecular formula is C19H33N3O2. The maximum absolute atomic E-state index is 13.4. The van der Waals surface area contributed by atoms with Gasteiger partial charge in [0.25, 0.3) is 0 Å². The highest BCUT2D eigenvalue weighted by molar-refractivity contribution is 5.83. The van der Waals surface area contributed by atoms with Gasteiger partial charge in [-0.3, -0.25) is 9.59 Å². The first-order valence-electron chi connectivity index (χ1n) is 9.81. The molecule has 3 fully saturated rings. The molecule has 0 aromatic heterocycles. The molecule has 1 saturated carbocycles. The highest BCUT2D eigenvalue weighted by atomic mass is 16.2. The normalized spacial score (nSPS) is 27.8. The van der Waals surface area contributed by atoms with Gasteiger partial charge < -0.3 is 15.1 Å². The number of amides is 2. The number of likely N-dealkylation sites (tertiary alicyclic amines) is 1. The van der Waals surface area contributed by atoms with Crippen LogP contribution in [0.2, 0.25) is 0 Å². The van der Waals surface area contributed by atoms with Gasteiger partial charge in [-0.05, 0) is 38.0 Å². The summed E-state index contributed by atoms with van der Waals surface area (Å²) in [6, 6.07) is 0.217. The van der Waals surface area contributed by atoms with Crippen LogP contribution in [0.1, 0.15) is 58.8 Å². The molecule has 2 saturated heterocycles. The minimum absolute atomic E-state index is 0.122. The van der Waals surface area contributed by atoms with Gasteiger partial charge in [-0.25, -0.2) is 0 Å². The van der Waals surface area contributed by atoms with E-state index in [1.807, 2.05) is 4.90 Å². The van der Waals surface area contributed by atoms with Crippen LogP contribution in [0.4, 0.5) is 0 Å². The van der Waals surface area contributed by atoms with Crippen LogP contribution in [0.5, 0.6) is 0 Å². The number of nitrogens with zero attached hydrogens (tertiary/aromatic N) is 2. The summed E-state index contributed by atoms with van der Waals surface area (Å²) in [6.45, 7) is 8.16. The van der Waals surface area contributed by atoms with E-state index >= 15 is 0 Å². The highest BCUT2D eigenvalue weighted by Crippen LogP contribution is 2.45. The molecule has 2 aliphatic heterocycles. The summed E-state index contributed by atoms with van der Waals surface area (Å²) in [5, 5.41) is 3.14. The van der Waals surface area contributed by atoms with Crippen molar-refractivity contribution < 1.29 is 9.59 Å². The van der Waals surface area contributed by atoms with Crippen LogP contribution in [-0.2, 0) is 9.59 Å². The van der Waals surface area contributed by atoms with E-state index in [1.165, 1.54) is 12.8 Å². The van der Waals surface area contributed by atoms with Gasteiger partial charge in [0.15, 0.2) is 0 Å². The Morgan fingerprint density at radius 1 is 1.25 bits per heavy atom. The van der Waals surface area contributed by atoms with E-state index < -0.39 is 0 Å². The SMILES string of the molecule is CC(C)CC1(C(=O)N2CCCC(N3CCNCC3=O)C2)CCCC1. The molecule has 1 unspecified atom stereocenters. The lowest BCUT2D eigenvalue weighted by molar-refractivity contribution is -0.148. The third-order valence-electron chi connectivity index (χ3n) is 6.06. The Bertz CT molecular complexity index is 471. The average Bonchev–Trinajstić information content (AvgIpc) is 3.03. The molecule has 0 aromatic rings. The third-order valence-corrected chi connectivity index (χ3v) is 6.06. The molecule has 1 atom stereocenters. The highest BCUT2D eigenvalue weighted by Gasteiger charge is 2.45. The van der Waals surface area contributed by atoms with Crippen LogP contribution in [0.15, 0.2) is 0 Å². The molecular weight excluding hydrogens is 302 g/mol. The quantitative estimate of drug-likeness (QED) is 0.855. The molecule has 5 heteroatoms. The fraction of sp³-hybridized carbons (Fsp3) is 0.895. The summed E-state index contributed by atoms with van der Waals surface area (Å²) in [4.78, 5) is 29.7. The predicted octanol–water partition coefficient (Wildman–Crippen LogP) is 2.02. The maximum atomic E-state index is 13.4. The van der Waals surface area contributed by atoms with Crippen LogP contribution < -0.4 is 5.32 Å². The zero-order chi connectivity index (χ0) is 17.2. The van der Waals surface area contributed by atoms with Crippen molar-refractivity contribution in [3.05, 3.63) is 0 Å². The molecule has 5 nitrogen and oxygen atoms in total. The van der Waals surface area contributed by atoms with Crippen molar-refractivity contribution >= 4 is 11.8 Å². The van der Waals surface area contributed by atoms with E-state index in [-0.39, 0.29) is 17.4 Å². The second-order valence-electron chi connectivity index (χ2n) is 8.40. The lowest BCUT2D eigenvalue weighted by Crippen LogP contribution is -2.58. The Kier molecular flexibility index (Phi) is 5.48. The number of carbonyl (C=O) groups excluding carboxylic acids is 2. The van der Waals surface area contributed by atoms with Crippen molar-refractivity contribution in [1.82, 2.24) is 15.1 Å².